The van der Waals surface area contributed by atoms with Gasteiger partial charge >= 0.3 is 0 Å². The van der Waals surface area contributed by atoms with Crippen molar-refractivity contribution in [2.75, 3.05) is 6.54 Å². The molecule has 1 nitrogen and oxygen atoms in total. The van der Waals surface area contributed by atoms with Gasteiger partial charge in [-0.05, 0) is 54.9 Å². The topological polar surface area (TPSA) is 12.0 Å². The van der Waals surface area contributed by atoms with Gasteiger partial charge in [-0.1, -0.05) is 41.1 Å². The lowest BCUT2D eigenvalue weighted by Gasteiger charge is -2.19. The summed E-state index contributed by atoms with van der Waals surface area (Å²) >= 11 is 5.46. The Bertz CT molecular complexity index is 511. The van der Waals surface area contributed by atoms with Gasteiger partial charge in [0, 0.05) is 9.35 Å². The second kappa shape index (κ2) is 6.69. The smallest absolute Gasteiger partial charge is 0.0671 e. The minimum absolute atomic E-state index is 0.311. The predicted molar refractivity (Wildman–Crippen MR) is 88.1 cm³/mol. The highest BCUT2D eigenvalue weighted by atomic mass is 79.9. The second-order valence-corrected chi connectivity index (χ2v) is 6.64. The molecule has 0 aliphatic carbocycles. The Balaban J connectivity index is 2.38. The summed E-state index contributed by atoms with van der Waals surface area (Å²) in [4.78, 5) is 1.38. The third-order valence-corrected chi connectivity index (χ3v) is 5.41. The van der Waals surface area contributed by atoms with Crippen LogP contribution in [0.3, 0.4) is 0 Å². The molecule has 0 fully saturated rings. The summed E-state index contributed by atoms with van der Waals surface area (Å²) in [7, 11) is 0. The quantitative estimate of drug-likeness (QED) is 0.788. The number of hydrogen-bond donors (Lipinski definition) is 1. The maximum absolute atomic E-state index is 3.66. The molecule has 0 aliphatic heterocycles. The molecule has 2 rings (SSSR count). The molecule has 1 atom stereocenters. The van der Waals surface area contributed by atoms with Gasteiger partial charge in [0.2, 0.25) is 0 Å². The summed E-state index contributed by atoms with van der Waals surface area (Å²) in [5, 5.41) is 5.80. The van der Waals surface area contributed by atoms with Crippen LogP contribution in [0.1, 0.15) is 41.0 Å². The highest BCUT2D eigenvalue weighted by Crippen LogP contribution is 2.30. The van der Waals surface area contributed by atoms with Crippen molar-refractivity contribution in [3.05, 3.63) is 55.7 Å². The van der Waals surface area contributed by atoms with E-state index in [4.69, 9.17) is 0 Å². The normalized spacial score (nSPS) is 12.6. The fraction of sp³-hybridized carbons (Fsp3) is 0.375. The molecule has 1 unspecified atom stereocenters. The molecule has 102 valence electrons. The lowest BCUT2D eigenvalue weighted by molar-refractivity contribution is 0.605. The summed E-state index contributed by atoms with van der Waals surface area (Å²) < 4.78 is 1.22. The van der Waals surface area contributed by atoms with Crippen molar-refractivity contribution >= 4 is 27.3 Å². The molecule has 0 aliphatic rings. The molecule has 19 heavy (non-hydrogen) atoms. The summed E-state index contributed by atoms with van der Waals surface area (Å²) in [6, 6.07) is 9.21. The van der Waals surface area contributed by atoms with Crippen LogP contribution < -0.4 is 5.32 Å². The lowest BCUT2D eigenvalue weighted by Crippen LogP contribution is -2.22. The predicted octanol–water partition coefficient (Wildman–Crippen LogP) is 5.22. The number of rotatable bonds is 5. The van der Waals surface area contributed by atoms with Crippen LogP contribution in [0.4, 0.5) is 0 Å². The first-order valence-corrected chi connectivity index (χ1v) is 8.34. The standard InChI is InChI=1S/C16H20BrNS/c1-4-7-18-16(14-6-5-8-19-14)13-9-11(2)15(17)12(3)10-13/h5-6,8-10,16,18H,4,7H2,1-3H3. The van der Waals surface area contributed by atoms with Gasteiger partial charge in [0.15, 0.2) is 0 Å². The zero-order valence-corrected chi connectivity index (χ0v) is 14.1. The highest BCUT2D eigenvalue weighted by Gasteiger charge is 2.16. The molecule has 3 heteroatoms. The minimum Gasteiger partial charge on any atom is -0.306 e. The highest BCUT2D eigenvalue weighted by molar-refractivity contribution is 9.10. The van der Waals surface area contributed by atoms with Crippen molar-refractivity contribution in [3.63, 3.8) is 0 Å². The second-order valence-electron chi connectivity index (χ2n) is 4.87. The number of halogens is 1. The van der Waals surface area contributed by atoms with Gasteiger partial charge in [0.25, 0.3) is 0 Å². The van der Waals surface area contributed by atoms with Crippen LogP contribution in [-0.2, 0) is 0 Å². The number of benzene rings is 1. The Morgan fingerprint density at radius 1 is 1.26 bits per heavy atom. The minimum atomic E-state index is 0.311. The molecule has 0 radical (unpaired) electrons. The maximum atomic E-state index is 3.66. The third kappa shape index (κ3) is 3.47. The number of aryl methyl sites for hydroxylation is 2. The van der Waals surface area contributed by atoms with Gasteiger partial charge < -0.3 is 5.32 Å². The Labute approximate surface area is 128 Å². The maximum Gasteiger partial charge on any atom is 0.0671 e. The summed E-state index contributed by atoms with van der Waals surface area (Å²) in [6.45, 7) is 7.56. The molecule has 2 aromatic rings. The fourth-order valence-electron chi connectivity index (χ4n) is 2.27. The Morgan fingerprint density at radius 3 is 2.47 bits per heavy atom. The molecule has 1 heterocycles. The van der Waals surface area contributed by atoms with Crippen LogP contribution in [-0.4, -0.2) is 6.54 Å². The fourth-order valence-corrected chi connectivity index (χ4v) is 3.33. The van der Waals surface area contributed by atoms with E-state index in [2.05, 4.69) is 71.7 Å². The largest absolute Gasteiger partial charge is 0.306 e. The lowest BCUT2D eigenvalue weighted by atomic mass is 10.00. The van der Waals surface area contributed by atoms with Crippen molar-refractivity contribution in [2.24, 2.45) is 0 Å². The first-order valence-electron chi connectivity index (χ1n) is 6.67. The molecule has 0 spiro atoms. The van der Waals surface area contributed by atoms with Gasteiger partial charge in [-0.15, -0.1) is 11.3 Å². The first-order chi connectivity index (χ1) is 9.13. The molecule has 0 bridgehead atoms. The first kappa shape index (κ1) is 14.8. The van der Waals surface area contributed by atoms with Gasteiger partial charge in [0.05, 0.1) is 6.04 Å². The van der Waals surface area contributed by atoms with E-state index < -0.39 is 0 Å². The summed E-state index contributed by atoms with van der Waals surface area (Å²) in [6.07, 6.45) is 1.15. The van der Waals surface area contributed by atoms with E-state index in [-0.39, 0.29) is 0 Å². The molecule has 1 aromatic heterocycles. The molecule has 0 saturated carbocycles. The molecular weight excluding hydrogens is 318 g/mol. The van der Waals surface area contributed by atoms with E-state index in [1.165, 1.54) is 26.0 Å². The van der Waals surface area contributed by atoms with Crippen molar-refractivity contribution in [1.29, 1.82) is 0 Å². The van der Waals surface area contributed by atoms with Crippen LogP contribution in [0.25, 0.3) is 0 Å². The zero-order chi connectivity index (χ0) is 13.8. The molecular formula is C16H20BrNS. The Kier molecular flexibility index (Phi) is 5.20. The summed E-state index contributed by atoms with van der Waals surface area (Å²) in [5.41, 5.74) is 3.96. The molecule has 0 amide bonds. The van der Waals surface area contributed by atoms with Crippen LogP contribution in [0, 0.1) is 13.8 Å². The van der Waals surface area contributed by atoms with Gasteiger partial charge in [-0.25, -0.2) is 0 Å². The molecule has 1 N–H and O–H groups in total. The van der Waals surface area contributed by atoms with Crippen LogP contribution in [0.5, 0.6) is 0 Å². The molecule has 0 saturated heterocycles. The van der Waals surface area contributed by atoms with E-state index in [1.54, 1.807) is 0 Å². The molecule has 1 aromatic carbocycles. The number of nitrogens with one attached hydrogen (secondary N) is 1. The van der Waals surface area contributed by atoms with Crippen molar-refractivity contribution in [3.8, 4) is 0 Å². The van der Waals surface area contributed by atoms with Gasteiger partial charge in [-0.2, -0.15) is 0 Å². The van der Waals surface area contributed by atoms with E-state index in [0.717, 1.165) is 13.0 Å². The van der Waals surface area contributed by atoms with Gasteiger partial charge in [0.1, 0.15) is 0 Å². The van der Waals surface area contributed by atoms with Crippen molar-refractivity contribution < 1.29 is 0 Å². The van der Waals surface area contributed by atoms with E-state index in [0.29, 0.717) is 6.04 Å². The number of thiophene rings is 1. The van der Waals surface area contributed by atoms with E-state index in [9.17, 15) is 0 Å². The van der Waals surface area contributed by atoms with Crippen LogP contribution in [0.15, 0.2) is 34.1 Å². The average molecular weight is 338 g/mol. The Morgan fingerprint density at radius 2 is 1.95 bits per heavy atom. The van der Waals surface area contributed by atoms with E-state index in [1.807, 2.05) is 11.3 Å². The monoisotopic (exact) mass is 337 g/mol. The van der Waals surface area contributed by atoms with Crippen LogP contribution >= 0.6 is 27.3 Å². The van der Waals surface area contributed by atoms with E-state index >= 15 is 0 Å². The van der Waals surface area contributed by atoms with Crippen LogP contribution in [0.2, 0.25) is 0 Å². The van der Waals surface area contributed by atoms with Gasteiger partial charge in [-0.3, -0.25) is 0 Å². The zero-order valence-electron chi connectivity index (χ0n) is 11.7. The Hall–Kier alpha value is -0.640. The SMILES string of the molecule is CCCNC(c1cc(C)c(Br)c(C)c1)c1cccs1. The van der Waals surface area contributed by atoms with Crippen molar-refractivity contribution in [1.82, 2.24) is 5.32 Å². The average Bonchev–Trinajstić information content (AvgIpc) is 2.90. The number of hydrogen-bond acceptors (Lipinski definition) is 2. The third-order valence-electron chi connectivity index (χ3n) is 3.22. The summed E-state index contributed by atoms with van der Waals surface area (Å²) in [5.74, 6) is 0. The van der Waals surface area contributed by atoms with Crippen molar-refractivity contribution in [2.45, 2.75) is 33.2 Å².